The molecule has 2 N–H and O–H groups in total. The number of aliphatic hydroxyl groups excluding tert-OH is 1. The lowest BCUT2D eigenvalue weighted by Gasteiger charge is -2.13. The Morgan fingerprint density at radius 1 is 1.43 bits per heavy atom. The van der Waals surface area contributed by atoms with Crippen molar-refractivity contribution in [2.24, 2.45) is 5.92 Å². The summed E-state index contributed by atoms with van der Waals surface area (Å²) in [6.45, 7) is 4.95. The molecule has 1 unspecified atom stereocenters. The predicted molar refractivity (Wildman–Crippen MR) is 51.9 cm³/mol. The number of hydrogen-bond donors (Lipinski definition) is 2. The summed E-state index contributed by atoms with van der Waals surface area (Å²) in [4.78, 5) is 21.3. The maximum Gasteiger partial charge on any atom is 0.303 e. The summed E-state index contributed by atoms with van der Waals surface area (Å²) in [5.41, 5.74) is 0.762. The van der Waals surface area contributed by atoms with Gasteiger partial charge in [0.05, 0.1) is 6.42 Å². The highest BCUT2D eigenvalue weighted by molar-refractivity contribution is 5.79. The molecule has 0 saturated heterocycles. The van der Waals surface area contributed by atoms with Crippen molar-refractivity contribution in [3.63, 3.8) is 0 Å². The van der Waals surface area contributed by atoms with Gasteiger partial charge in [0.2, 0.25) is 0 Å². The number of carbonyl (C=O) groups is 2. The summed E-state index contributed by atoms with van der Waals surface area (Å²) in [5, 5.41) is 17.1. The van der Waals surface area contributed by atoms with Crippen molar-refractivity contribution in [2.75, 3.05) is 6.61 Å². The van der Waals surface area contributed by atoms with Crippen LogP contribution < -0.4 is 0 Å². The van der Waals surface area contributed by atoms with E-state index < -0.39 is 12.6 Å². The molecule has 0 aromatic rings. The topological polar surface area (TPSA) is 74.6 Å². The minimum atomic E-state index is -0.894. The molecule has 0 saturated carbocycles. The highest BCUT2D eigenvalue weighted by atomic mass is 16.4. The van der Waals surface area contributed by atoms with E-state index >= 15 is 0 Å². The molecule has 0 spiro atoms. The molecule has 0 aliphatic carbocycles. The number of carboxylic acid groups (broad SMARTS) is 1. The van der Waals surface area contributed by atoms with Gasteiger partial charge >= 0.3 is 5.97 Å². The summed E-state index contributed by atoms with van der Waals surface area (Å²) in [6.07, 6.45) is 0.649. The van der Waals surface area contributed by atoms with E-state index in [2.05, 4.69) is 6.58 Å². The van der Waals surface area contributed by atoms with Crippen LogP contribution in [0.25, 0.3) is 0 Å². The Morgan fingerprint density at radius 3 is 2.36 bits per heavy atom. The zero-order valence-electron chi connectivity index (χ0n) is 8.32. The van der Waals surface area contributed by atoms with Gasteiger partial charge in [0.1, 0.15) is 6.61 Å². The molecule has 0 rings (SSSR count). The van der Waals surface area contributed by atoms with Crippen LogP contribution in [0, 0.1) is 5.92 Å². The van der Waals surface area contributed by atoms with Crippen molar-refractivity contribution in [1.82, 2.24) is 0 Å². The first-order chi connectivity index (χ1) is 6.47. The predicted octanol–water partition coefficient (Wildman–Crippen LogP) is 0.995. The zero-order chi connectivity index (χ0) is 11.1. The van der Waals surface area contributed by atoms with E-state index in [-0.39, 0.29) is 24.5 Å². The van der Waals surface area contributed by atoms with E-state index in [0.717, 1.165) is 5.57 Å². The van der Waals surface area contributed by atoms with Gasteiger partial charge in [-0.2, -0.15) is 0 Å². The summed E-state index contributed by atoms with van der Waals surface area (Å²) in [7, 11) is 0. The molecule has 0 heterocycles. The summed E-state index contributed by atoms with van der Waals surface area (Å²) < 4.78 is 0. The molecule has 4 heteroatoms. The van der Waals surface area contributed by atoms with Gasteiger partial charge < -0.3 is 10.2 Å². The Balaban J connectivity index is 4.04. The van der Waals surface area contributed by atoms with E-state index in [1.165, 1.54) is 0 Å². The van der Waals surface area contributed by atoms with Crippen molar-refractivity contribution >= 4 is 11.8 Å². The lowest BCUT2D eigenvalue weighted by atomic mass is 9.92. The number of hydrogen-bond acceptors (Lipinski definition) is 3. The first-order valence-electron chi connectivity index (χ1n) is 4.47. The van der Waals surface area contributed by atoms with Crippen LogP contribution in [-0.4, -0.2) is 28.6 Å². The third kappa shape index (κ3) is 5.48. The Morgan fingerprint density at radius 2 is 2.00 bits per heavy atom. The number of ketones is 1. The molecule has 0 radical (unpaired) electrons. The molecule has 80 valence electrons. The van der Waals surface area contributed by atoms with E-state index in [0.29, 0.717) is 6.42 Å². The number of allylic oxidation sites excluding steroid dienone is 1. The van der Waals surface area contributed by atoms with Gasteiger partial charge in [-0.1, -0.05) is 12.2 Å². The maximum absolute atomic E-state index is 10.8. The average Bonchev–Trinajstić information content (AvgIpc) is 2.10. The monoisotopic (exact) mass is 200 g/mol. The number of aliphatic hydroxyl groups is 1. The van der Waals surface area contributed by atoms with Crippen molar-refractivity contribution in [3.05, 3.63) is 12.2 Å². The van der Waals surface area contributed by atoms with Gasteiger partial charge in [-0.25, -0.2) is 0 Å². The number of rotatable bonds is 7. The molecule has 0 amide bonds. The van der Waals surface area contributed by atoms with Crippen molar-refractivity contribution in [1.29, 1.82) is 0 Å². The summed E-state index contributed by atoms with van der Waals surface area (Å²) in [5.74, 6) is -1.33. The smallest absolute Gasteiger partial charge is 0.303 e. The van der Waals surface area contributed by atoms with Crippen molar-refractivity contribution < 1.29 is 19.8 Å². The molecular weight excluding hydrogens is 184 g/mol. The quantitative estimate of drug-likeness (QED) is 0.601. The minimum Gasteiger partial charge on any atom is -0.481 e. The largest absolute Gasteiger partial charge is 0.481 e. The van der Waals surface area contributed by atoms with Crippen LogP contribution >= 0.6 is 0 Å². The lowest BCUT2D eigenvalue weighted by Crippen LogP contribution is -2.12. The summed E-state index contributed by atoms with van der Waals surface area (Å²) in [6, 6.07) is 0. The maximum atomic E-state index is 10.8. The normalized spacial score (nSPS) is 12.1. The fourth-order valence-electron chi connectivity index (χ4n) is 1.15. The molecule has 0 fully saturated rings. The van der Waals surface area contributed by atoms with Gasteiger partial charge in [0.15, 0.2) is 5.78 Å². The van der Waals surface area contributed by atoms with Gasteiger partial charge in [0, 0.05) is 6.42 Å². The molecule has 0 aromatic carbocycles. The van der Waals surface area contributed by atoms with Gasteiger partial charge in [-0.15, -0.1) is 0 Å². The Labute approximate surface area is 83.2 Å². The van der Waals surface area contributed by atoms with Crippen molar-refractivity contribution in [2.45, 2.75) is 26.2 Å². The van der Waals surface area contributed by atoms with Gasteiger partial charge in [-0.3, -0.25) is 9.59 Å². The number of Topliss-reactive ketones (excluding diaryl/α,β-unsaturated/α-hetero) is 1. The standard InChI is InChI=1S/C10H16O4/c1-7(2)8(5-10(13)14)3-4-9(12)6-11/h8,11H,1,3-6H2,2H3,(H,13,14). The highest BCUT2D eigenvalue weighted by Crippen LogP contribution is 2.19. The average molecular weight is 200 g/mol. The van der Waals surface area contributed by atoms with Gasteiger partial charge in [0.25, 0.3) is 0 Å². The molecule has 0 aliphatic rings. The first-order valence-corrected chi connectivity index (χ1v) is 4.47. The molecule has 0 aliphatic heterocycles. The molecule has 4 nitrogen and oxygen atoms in total. The van der Waals surface area contributed by atoms with Crippen LogP contribution in [0.15, 0.2) is 12.2 Å². The number of aliphatic carboxylic acids is 1. The zero-order valence-corrected chi connectivity index (χ0v) is 8.32. The molecule has 0 bridgehead atoms. The fourth-order valence-corrected chi connectivity index (χ4v) is 1.15. The fraction of sp³-hybridized carbons (Fsp3) is 0.600. The third-order valence-corrected chi connectivity index (χ3v) is 2.07. The Hall–Kier alpha value is -1.16. The minimum absolute atomic E-state index is 0.00591. The van der Waals surface area contributed by atoms with E-state index in [9.17, 15) is 9.59 Å². The third-order valence-electron chi connectivity index (χ3n) is 2.07. The summed E-state index contributed by atoms with van der Waals surface area (Å²) >= 11 is 0. The molecular formula is C10H16O4. The Bertz CT molecular complexity index is 232. The number of carboxylic acids is 1. The second kappa shape index (κ2) is 6.32. The molecule has 0 aromatic heterocycles. The lowest BCUT2D eigenvalue weighted by molar-refractivity contribution is -0.138. The number of carbonyl (C=O) groups excluding carboxylic acids is 1. The van der Waals surface area contributed by atoms with Crippen molar-refractivity contribution in [3.8, 4) is 0 Å². The van der Waals surface area contributed by atoms with E-state index in [1.54, 1.807) is 6.92 Å². The van der Waals surface area contributed by atoms with Crippen LogP contribution in [0.3, 0.4) is 0 Å². The van der Waals surface area contributed by atoms with Gasteiger partial charge in [-0.05, 0) is 19.3 Å². The Kier molecular flexibility index (Phi) is 5.79. The van der Waals surface area contributed by atoms with Crippen LogP contribution in [0.2, 0.25) is 0 Å². The second-order valence-electron chi connectivity index (χ2n) is 3.38. The molecule has 1 atom stereocenters. The SMILES string of the molecule is C=C(C)C(CCC(=O)CO)CC(=O)O. The van der Waals surface area contributed by atoms with Crippen LogP contribution in [-0.2, 0) is 9.59 Å². The highest BCUT2D eigenvalue weighted by Gasteiger charge is 2.15. The van der Waals surface area contributed by atoms with Crippen LogP contribution in [0.5, 0.6) is 0 Å². The van der Waals surface area contributed by atoms with E-state index in [4.69, 9.17) is 10.2 Å². The van der Waals surface area contributed by atoms with Crippen LogP contribution in [0.1, 0.15) is 26.2 Å². The van der Waals surface area contributed by atoms with Crippen LogP contribution in [0.4, 0.5) is 0 Å². The first kappa shape index (κ1) is 12.8. The second-order valence-corrected chi connectivity index (χ2v) is 3.38. The van der Waals surface area contributed by atoms with E-state index in [1.807, 2.05) is 0 Å². The molecule has 14 heavy (non-hydrogen) atoms.